The van der Waals surface area contributed by atoms with Gasteiger partial charge in [0.2, 0.25) is 0 Å². The number of allylic oxidation sites excluding steroid dienone is 1. The number of benzene rings is 1. The number of sulfone groups is 1. The first-order valence-corrected chi connectivity index (χ1v) is 10.4. The van der Waals surface area contributed by atoms with Gasteiger partial charge in [-0.15, -0.1) is 0 Å². The predicted molar refractivity (Wildman–Crippen MR) is 100.0 cm³/mol. The highest BCUT2D eigenvalue weighted by atomic mass is 35.5. The van der Waals surface area contributed by atoms with Crippen LogP contribution in [-0.4, -0.2) is 42.1 Å². The number of nitrogens with zero attached hydrogens (tertiary/aromatic N) is 1. The van der Waals surface area contributed by atoms with E-state index in [4.69, 9.17) is 11.6 Å². The summed E-state index contributed by atoms with van der Waals surface area (Å²) in [4.78, 5) is 17.0. The summed E-state index contributed by atoms with van der Waals surface area (Å²) in [7, 11) is -3.29. The monoisotopic (exact) mass is 398 g/mol. The molecule has 2 unspecified atom stereocenters. The normalized spacial score (nSPS) is 22.2. The highest BCUT2D eigenvalue weighted by Crippen LogP contribution is 2.33. The van der Waals surface area contributed by atoms with E-state index < -0.39 is 15.7 Å². The van der Waals surface area contributed by atoms with E-state index >= 15 is 0 Å². The van der Waals surface area contributed by atoms with E-state index in [1.54, 1.807) is 25.1 Å². The van der Waals surface area contributed by atoms with Gasteiger partial charge in [0.05, 0.1) is 21.8 Å². The van der Waals surface area contributed by atoms with Gasteiger partial charge in [-0.3, -0.25) is 9.79 Å². The molecule has 6 nitrogen and oxygen atoms in total. The Morgan fingerprint density at radius 3 is 2.80 bits per heavy atom. The maximum atomic E-state index is 12.4. The van der Waals surface area contributed by atoms with Crippen molar-refractivity contribution in [3.63, 3.8) is 0 Å². The minimum Gasteiger partial charge on any atom is -0.507 e. The molecule has 1 aliphatic heterocycles. The molecular formula is C16H15ClN2O4S2. The van der Waals surface area contributed by atoms with E-state index in [1.807, 2.05) is 0 Å². The first-order valence-electron chi connectivity index (χ1n) is 7.30. The van der Waals surface area contributed by atoms with Crippen LogP contribution in [0.4, 0.5) is 0 Å². The second kappa shape index (κ2) is 6.51. The van der Waals surface area contributed by atoms with Crippen LogP contribution in [0.15, 0.2) is 40.3 Å². The molecule has 0 saturated carbocycles. The topological polar surface area (TPSA) is 95.8 Å². The van der Waals surface area contributed by atoms with Crippen molar-refractivity contribution in [3.8, 4) is 5.75 Å². The molecule has 2 atom stereocenters. The standard InChI is InChI=1S/C16H15ClN2O4S2/c1-8-5-9(17)6-11(14(8)20)15(21)19-16-18-12-4-3-10(25(2,22)23)7-13(12)24-16/h3-7,12-13,20H,1-2H3,(H,18,19,21). The molecule has 0 radical (unpaired) electrons. The van der Waals surface area contributed by atoms with Gasteiger partial charge in [-0.2, -0.15) is 0 Å². The van der Waals surface area contributed by atoms with Crippen LogP contribution in [0.5, 0.6) is 5.75 Å². The van der Waals surface area contributed by atoms with Crippen molar-refractivity contribution in [1.82, 2.24) is 5.32 Å². The molecule has 0 saturated heterocycles. The van der Waals surface area contributed by atoms with Crippen LogP contribution < -0.4 is 5.32 Å². The van der Waals surface area contributed by atoms with Gasteiger partial charge in [0.1, 0.15) is 5.75 Å². The number of phenolic OH excluding ortho intramolecular Hbond substituents is 1. The molecule has 1 aromatic rings. The van der Waals surface area contributed by atoms with Gasteiger partial charge in [-0.1, -0.05) is 29.4 Å². The van der Waals surface area contributed by atoms with Crippen molar-refractivity contribution < 1.29 is 18.3 Å². The highest BCUT2D eigenvalue weighted by Gasteiger charge is 2.32. The van der Waals surface area contributed by atoms with Gasteiger partial charge in [0.15, 0.2) is 15.0 Å². The third kappa shape index (κ3) is 3.75. The Balaban J connectivity index is 1.77. The van der Waals surface area contributed by atoms with E-state index in [1.165, 1.54) is 23.9 Å². The van der Waals surface area contributed by atoms with Crippen molar-refractivity contribution in [3.05, 3.63) is 51.4 Å². The lowest BCUT2D eigenvalue weighted by molar-refractivity contribution is 0.0975. The number of hydrogen-bond donors (Lipinski definition) is 2. The van der Waals surface area contributed by atoms with Crippen LogP contribution in [0.2, 0.25) is 5.02 Å². The maximum Gasteiger partial charge on any atom is 0.261 e. The number of halogens is 1. The Kier molecular flexibility index (Phi) is 4.70. The summed E-state index contributed by atoms with van der Waals surface area (Å²) in [5, 5.41) is 13.2. The molecule has 2 N–H and O–H groups in total. The molecular weight excluding hydrogens is 384 g/mol. The lowest BCUT2D eigenvalue weighted by Gasteiger charge is -2.15. The molecule has 1 aliphatic carbocycles. The average molecular weight is 399 g/mol. The summed E-state index contributed by atoms with van der Waals surface area (Å²) in [6.45, 7) is 1.65. The second-order valence-electron chi connectivity index (χ2n) is 5.78. The smallest absolute Gasteiger partial charge is 0.261 e. The first kappa shape index (κ1) is 18.0. The van der Waals surface area contributed by atoms with Crippen LogP contribution in [0, 0.1) is 6.92 Å². The van der Waals surface area contributed by atoms with Crippen LogP contribution in [0.3, 0.4) is 0 Å². The van der Waals surface area contributed by atoms with Gasteiger partial charge < -0.3 is 10.4 Å². The van der Waals surface area contributed by atoms with E-state index in [0.29, 0.717) is 15.8 Å². The zero-order chi connectivity index (χ0) is 18.4. The number of aromatic hydroxyl groups is 1. The molecule has 1 aromatic carbocycles. The largest absolute Gasteiger partial charge is 0.507 e. The number of aliphatic imine (C=N–C) groups is 1. The van der Waals surface area contributed by atoms with Gasteiger partial charge in [0.25, 0.3) is 5.91 Å². The Morgan fingerprint density at radius 1 is 1.40 bits per heavy atom. The fourth-order valence-corrected chi connectivity index (χ4v) is 4.69. The van der Waals surface area contributed by atoms with E-state index in [2.05, 4.69) is 10.3 Å². The number of carbonyl (C=O) groups is 1. The Hall–Kier alpha value is -1.77. The second-order valence-corrected chi connectivity index (χ2v) is 9.40. The molecule has 0 spiro atoms. The van der Waals surface area contributed by atoms with E-state index in [0.717, 1.165) is 6.26 Å². The minimum absolute atomic E-state index is 0.0612. The zero-order valence-electron chi connectivity index (χ0n) is 13.4. The van der Waals surface area contributed by atoms with Gasteiger partial charge >= 0.3 is 0 Å². The van der Waals surface area contributed by atoms with Crippen molar-refractivity contribution in [2.45, 2.75) is 18.2 Å². The van der Waals surface area contributed by atoms with Crippen LogP contribution in [0.25, 0.3) is 0 Å². The number of amides is 1. The van der Waals surface area contributed by atoms with Crippen LogP contribution in [-0.2, 0) is 9.84 Å². The molecule has 0 aromatic heterocycles. The molecule has 3 rings (SSSR count). The maximum absolute atomic E-state index is 12.4. The molecule has 1 heterocycles. The third-order valence-electron chi connectivity index (χ3n) is 3.80. The van der Waals surface area contributed by atoms with Crippen molar-refractivity contribution >= 4 is 44.3 Å². The Labute approximate surface area is 154 Å². The quantitative estimate of drug-likeness (QED) is 0.797. The number of thioether (sulfide) groups is 1. The number of rotatable bonds is 2. The summed E-state index contributed by atoms with van der Waals surface area (Å²) in [6.07, 6.45) is 6.01. The molecule has 0 bridgehead atoms. The lowest BCUT2D eigenvalue weighted by atomic mass is 10.1. The number of amidine groups is 1. The fraction of sp³-hybridized carbons (Fsp3) is 0.250. The van der Waals surface area contributed by atoms with Gasteiger partial charge in [0, 0.05) is 11.3 Å². The third-order valence-corrected chi connectivity index (χ3v) is 6.26. The van der Waals surface area contributed by atoms with E-state index in [9.17, 15) is 18.3 Å². The minimum atomic E-state index is -3.29. The number of carbonyl (C=O) groups excluding carboxylic acids is 1. The Morgan fingerprint density at radius 2 is 2.12 bits per heavy atom. The van der Waals surface area contributed by atoms with Gasteiger partial charge in [-0.25, -0.2) is 8.42 Å². The summed E-state index contributed by atoms with van der Waals surface area (Å²) in [6, 6.07) is 2.71. The molecule has 25 heavy (non-hydrogen) atoms. The SMILES string of the molecule is Cc1cc(Cl)cc(C(=O)NC2=NC3C=CC(S(C)(=O)=O)=CC3S2)c1O. The molecule has 2 aliphatic rings. The van der Waals surface area contributed by atoms with Crippen molar-refractivity contribution in [2.24, 2.45) is 4.99 Å². The number of phenols is 1. The summed E-state index contributed by atoms with van der Waals surface area (Å²) in [5.74, 6) is -0.661. The van der Waals surface area contributed by atoms with Crippen molar-refractivity contribution in [1.29, 1.82) is 0 Å². The summed E-state index contributed by atoms with van der Waals surface area (Å²) in [5.41, 5.74) is 0.557. The molecule has 9 heteroatoms. The zero-order valence-corrected chi connectivity index (χ0v) is 15.7. The molecule has 1 amide bonds. The van der Waals surface area contributed by atoms with Crippen molar-refractivity contribution in [2.75, 3.05) is 6.26 Å². The number of hydrogen-bond acceptors (Lipinski definition) is 6. The van der Waals surface area contributed by atoms with Crippen LogP contribution in [0.1, 0.15) is 15.9 Å². The number of aryl methyl sites for hydroxylation is 1. The summed E-state index contributed by atoms with van der Waals surface area (Å²) < 4.78 is 23.3. The Bertz CT molecular complexity index is 951. The predicted octanol–water partition coefficient (Wildman–Crippen LogP) is 2.42. The highest BCUT2D eigenvalue weighted by molar-refractivity contribution is 8.14. The summed E-state index contributed by atoms with van der Waals surface area (Å²) >= 11 is 7.20. The molecule has 132 valence electrons. The number of nitrogens with one attached hydrogen (secondary N) is 1. The fourth-order valence-electron chi connectivity index (χ4n) is 2.52. The lowest BCUT2D eigenvalue weighted by Crippen LogP contribution is -2.27. The molecule has 0 fully saturated rings. The first-order chi connectivity index (χ1) is 11.6. The number of fused-ring (bicyclic) bond motifs is 1. The average Bonchev–Trinajstić information content (AvgIpc) is 2.91. The van der Waals surface area contributed by atoms with Gasteiger partial charge in [-0.05, 0) is 36.8 Å². The van der Waals surface area contributed by atoms with E-state index in [-0.39, 0.29) is 27.5 Å². The van der Waals surface area contributed by atoms with Crippen LogP contribution >= 0.6 is 23.4 Å².